The first-order valence-corrected chi connectivity index (χ1v) is 7.70. The van der Waals surface area contributed by atoms with Crippen LogP contribution in [0.3, 0.4) is 0 Å². The number of halogens is 1. The average molecular weight is 331 g/mol. The van der Waals surface area contributed by atoms with Crippen molar-refractivity contribution in [2.75, 3.05) is 4.72 Å². The summed E-state index contributed by atoms with van der Waals surface area (Å²) in [7, 11) is -3.99. The largest absolute Gasteiger partial charge is 0.332 e. The van der Waals surface area contributed by atoms with Crippen LogP contribution >= 0.6 is 11.6 Å². The molecule has 2 N–H and O–H groups in total. The van der Waals surface area contributed by atoms with Gasteiger partial charge in [-0.2, -0.15) is 8.42 Å². The van der Waals surface area contributed by atoms with Crippen molar-refractivity contribution < 1.29 is 13.3 Å². The highest BCUT2D eigenvalue weighted by Gasteiger charge is 2.22. The van der Waals surface area contributed by atoms with E-state index in [1.165, 1.54) is 12.1 Å². The molecule has 0 unspecified atom stereocenters. The van der Waals surface area contributed by atoms with Gasteiger partial charge in [0.05, 0.1) is 11.1 Å². The van der Waals surface area contributed by atoms with Crippen LogP contribution in [-0.4, -0.2) is 23.3 Å². The Morgan fingerprint density at radius 3 is 2.76 bits per heavy atom. The monoisotopic (exact) mass is 330 g/mol. The number of sulfonamides is 1. The van der Waals surface area contributed by atoms with Crippen molar-refractivity contribution >= 4 is 33.0 Å². The summed E-state index contributed by atoms with van der Waals surface area (Å²) in [6, 6.07) is 3.66. The number of aromatic amines is 1. The number of H-pyrrole nitrogens is 1. The molecule has 0 spiro atoms. The Kier molecular flexibility index (Phi) is 4.14. The second kappa shape index (κ2) is 5.70. The second-order valence-corrected chi connectivity index (χ2v) is 6.16. The maximum atomic E-state index is 12.2. The standard InChI is InChI=1S/C11H11ClN4O4S/c1-2-10-13-6-11(14-10)21(19,20)15-8-4-3-7(12)5-9(8)16(17)18/h3-6,15H,2H2,1H3,(H,13,14). The third kappa shape index (κ3) is 3.31. The van der Waals surface area contributed by atoms with Crippen LogP contribution in [0.2, 0.25) is 5.02 Å². The van der Waals surface area contributed by atoms with Gasteiger partial charge < -0.3 is 4.98 Å². The minimum atomic E-state index is -3.99. The van der Waals surface area contributed by atoms with Crippen molar-refractivity contribution in [3.8, 4) is 0 Å². The van der Waals surface area contributed by atoms with E-state index in [0.29, 0.717) is 12.2 Å². The summed E-state index contributed by atoms with van der Waals surface area (Å²) in [5, 5.41) is 10.9. The number of hydrogen-bond donors (Lipinski definition) is 2. The van der Waals surface area contributed by atoms with Crippen molar-refractivity contribution in [3.05, 3.63) is 45.4 Å². The van der Waals surface area contributed by atoms with E-state index >= 15 is 0 Å². The van der Waals surface area contributed by atoms with Crippen molar-refractivity contribution in [1.29, 1.82) is 0 Å². The van der Waals surface area contributed by atoms with Crippen LogP contribution in [0.5, 0.6) is 0 Å². The van der Waals surface area contributed by atoms with Gasteiger partial charge in [0, 0.05) is 17.5 Å². The maximum Gasteiger partial charge on any atom is 0.294 e. The molecule has 2 aromatic rings. The number of benzene rings is 1. The van der Waals surface area contributed by atoms with Crippen LogP contribution in [-0.2, 0) is 16.4 Å². The van der Waals surface area contributed by atoms with E-state index in [9.17, 15) is 18.5 Å². The number of rotatable bonds is 5. The minimum Gasteiger partial charge on any atom is -0.332 e. The molecule has 1 heterocycles. The van der Waals surface area contributed by atoms with E-state index < -0.39 is 20.6 Å². The molecule has 0 aliphatic rings. The number of anilines is 1. The highest BCUT2D eigenvalue weighted by Crippen LogP contribution is 2.29. The first-order valence-electron chi connectivity index (χ1n) is 5.84. The molecule has 112 valence electrons. The van der Waals surface area contributed by atoms with Crippen molar-refractivity contribution in [2.45, 2.75) is 18.4 Å². The summed E-state index contributed by atoms with van der Waals surface area (Å²) >= 11 is 5.67. The van der Waals surface area contributed by atoms with E-state index in [1.54, 1.807) is 0 Å². The summed E-state index contributed by atoms with van der Waals surface area (Å²) in [6.45, 7) is 1.81. The Bertz CT molecular complexity index is 787. The van der Waals surface area contributed by atoms with Gasteiger partial charge in [0.1, 0.15) is 11.5 Å². The Balaban J connectivity index is 2.39. The van der Waals surface area contributed by atoms with Gasteiger partial charge in [-0.1, -0.05) is 18.5 Å². The molecule has 8 nitrogen and oxygen atoms in total. The van der Waals surface area contributed by atoms with E-state index in [4.69, 9.17) is 11.6 Å². The molecule has 0 saturated carbocycles. The zero-order valence-electron chi connectivity index (χ0n) is 10.8. The smallest absolute Gasteiger partial charge is 0.294 e. The molecule has 1 aromatic carbocycles. The number of hydrogen-bond acceptors (Lipinski definition) is 5. The van der Waals surface area contributed by atoms with Crippen molar-refractivity contribution in [3.63, 3.8) is 0 Å². The van der Waals surface area contributed by atoms with Gasteiger partial charge in [-0.05, 0) is 12.1 Å². The van der Waals surface area contributed by atoms with Gasteiger partial charge in [-0.3, -0.25) is 14.8 Å². The summed E-state index contributed by atoms with van der Waals surface area (Å²) in [5.74, 6) is 0.501. The average Bonchev–Trinajstić information content (AvgIpc) is 2.90. The molecule has 0 fully saturated rings. The molecular weight excluding hydrogens is 320 g/mol. The number of nitrogens with zero attached hydrogens (tertiary/aromatic N) is 2. The first-order chi connectivity index (χ1) is 9.83. The zero-order chi connectivity index (χ0) is 15.6. The normalized spacial score (nSPS) is 11.3. The minimum absolute atomic E-state index is 0.138. The summed E-state index contributed by atoms with van der Waals surface area (Å²) in [6.07, 6.45) is 1.69. The molecule has 0 aliphatic carbocycles. The van der Waals surface area contributed by atoms with Crippen LogP contribution in [0.25, 0.3) is 0 Å². The molecule has 0 saturated heterocycles. The summed E-state index contributed by atoms with van der Waals surface area (Å²) in [5.41, 5.74) is -0.599. The van der Waals surface area contributed by atoms with Crippen LogP contribution in [0, 0.1) is 10.1 Å². The topological polar surface area (TPSA) is 118 Å². The molecular formula is C11H11ClN4O4S. The lowest BCUT2D eigenvalue weighted by atomic mass is 10.3. The van der Waals surface area contributed by atoms with E-state index in [2.05, 4.69) is 14.7 Å². The SMILES string of the molecule is CCc1ncc(S(=O)(=O)Nc2ccc(Cl)cc2[N+](=O)[O-])[nH]1. The lowest BCUT2D eigenvalue weighted by Gasteiger charge is -2.07. The number of imidazole rings is 1. The Morgan fingerprint density at radius 2 is 2.19 bits per heavy atom. The maximum absolute atomic E-state index is 12.2. The first kappa shape index (κ1) is 15.3. The number of nitro benzene ring substituents is 1. The van der Waals surface area contributed by atoms with E-state index in [1.807, 2.05) is 6.92 Å². The number of aryl methyl sites for hydroxylation is 1. The molecule has 0 aliphatic heterocycles. The fraction of sp³-hybridized carbons (Fsp3) is 0.182. The molecule has 0 bridgehead atoms. The van der Waals surface area contributed by atoms with Gasteiger partial charge in [0.15, 0.2) is 5.03 Å². The molecule has 1 aromatic heterocycles. The molecule has 10 heteroatoms. The lowest BCUT2D eigenvalue weighted by molar-refractivity contribution is -0.383. The Labute approximate surface area is 125 Å². The number of nitrogens with one attached hydrogen (secondary N) is 2. The van der Waals surface area contributed by atoms with Crippen LogP contribution in [0.4, 0.5) is 11.4 Å². The van der Waals surface area contributed by atoms with Gasteiger partial charge in [-0.25, -0.2) is 4.98 Å². The molecule has 0 atom stereocenters. The highest BCUT2D eigenvalue weighted by molar-refractivity contribution is 7.92. The lowest BCUT2D eigenvalue weighted by Crippen LogP contribution is -2.14. The zero-order valence-corrected chi connectivity index (χ0v) is 12.4. The molecule has 0 amide bonds. The fourth-order valence-electron chi connectivity index (χ4n) is 1.60. The predicted octanol–water partition coefficient (Wildman–Crippen LogP) is 2.33. The van der Waals surface area contributed by atoms with Gasteiger partial charge in [-0.15, -0.1) is 0 Å². The molecule has 2 rings (SSSR count). The van der Waals surface area contributed by atoms with Crippen molar-refractivity contribution in [2.24, 2.45) is 0 Å². The predicted molar refractivity (Wildman–Crippen MR) is 76.9 cm³/mol. The van der Waals surface area contributed by atoms with E-state index in [0.717, 1.165) is 12.3 Å². The van der Waals surface area contributed by atoms with Crippen LogP contribution < -0.4 is 4.72 Å². The third-order valence-corrected chi connectivity index (χ3v) is 4.14. The molecule has 0 radical (unpaired) electrons. The second-order valence-electron chi connectivity index (χ2n) is 4.07. The number of nitro groups is 1. The quantitative estimate of drug-likeness (QED) is 0.644. The summed E-state index contributed by atoms with van der Waals surface area (Å²) in [4.78, 5) is 16.7. The van der Waals surface area contributed by atoms with Crippen LogP contribution in [0.1, 0.15) is 12.7 Å². The van der Waals surface area contributed by atoms with Crippen molar-refractivity contribution in [1.82, 2.24) is 9.97 Å². The fourth-order valence-corrected chi connectivity index (χ4v) is 2.78. The van der Waals surface area contributed by atoms with E-state index in [-0.39, 0.29) is 15.7 Å². The van der Waals surface area contributed by atoms with Gasteiger partial charge in [0.25, 0.3) is 15.7 Å². The third-order valence-electron chi connectivity index (χ3n) is 2.63. The Hall–Kier alpha value is -2.13. The number of aromatic nitrogens is 2. The van der Waals surface area contributed by atoms with Gasteiger partial charge in [0.2, 0.25) is 0 Å². The van der Waals surface area contributed by atoms with Crippen LogP contribution in [0.15, 0.2) is 29.4 Å². The Morgan fingerprint density at radius 1 is 1.48 bits per heavy atom. The van der Waals surface area contributed by atoms with Gasteiger partial charge >= 0.3 is 0 Å². The highest BCUT2D eigenvalue weighted by atomic mass is 35.5. The summed E-state index contributed by atoms with van der Waals surface area (Å²) < 4.78 is 26.5. The molecule has 21 heavy (non-hydrogen) atoms.